The van der Waals surface area contributed by atoms with Gasteiger partial charge in [-0.1, -0.05) is 29.8 Å². The highest BCUT2D eigenvalue weighted by Gasteiger charge is 2.32. The third-order valence-corrected chi connectivity index (χ3v) is 11.1. The van der Waals surface area contributed by atoms with E-state index in [1.165, 1.54) is 55.4 Å². The van der Waals surface area contributed by atoms with Crippen LogP contribution < -0.4 is 5.32 Å². The van der Waals surface area contributed by atoms with Crippen LogP contribution in [-0.4, -0.2) is 69.2 Å². The van der Waals surface area contributed by atoms with Crippen LogP contribution in [0.25, 0.3) is 22.2 Å². The zero-order valence-electron chi connectivity index (χ0n) is 31.2. The van der Waals surface area contributed by atoms with Gasteiger partial charge in [0.05, 0.1) is 27.4 Å². The molecule has 14 heteroatoms. The lowest BCUT2D eigenvalue weighted by Gasteiger charge is -2.29. The van der Waals surface area contributed by atoms with Crippen molar-refractivity contribution >= 4 is 44.2 Å². The molecule has 4 aromatic rings. The van der Waals surface area contributed by atoms with Crippen molar-refractivity contribution in [3.63, 3.8) is 0 Å². The van der Waals surface area contributed by atoms with Crippen molar-refractivity contribution in [1.29, 1.82) is 0 Å². The topological polar surface area (TPSA) is 144 Å². The van der Waals surface area contributed by atoms with E-state index in [-0.39, 0.29) is 52.6 Å². The quantitative estimate of drug-likeness (QED) is 0.202. The van der Waals surface area contributed by atoms with Gasteiger partial charge < -0.3 is 20.1 Å². The molecule has 1 atom stereocenters. The number of rotatable bonds is 7. The van der Waals surface area contributed by atoms with Gasteiger partial charge in [0.1, 0.15) is 23.9 Å². The summed E-state index contributed by atoms with van der Waals surface area (Å²) in [7, 11) is -4.25. The molecule has 6 rings (SSSR count). The number of fused-ring (bicyclic) bond motifs is 1. The number of benzene rings is 2. The Morgan fingerprint density at radius 1 is 1.02 bits per heavy atom. The minimum absolute atomic E-state index is 0.0309. The molecule has 1 aliphatic carbocycles. The Morgan fingerprint density at radius 3 is 2.33 bits per heavy atom. The van der Waals surface area contributed by atoms with Gasteiger partial charge in [-0.15, -0.1) is 0 Å². The fraction of sp³-hybridized carbons (Fsp3) is 0.350. The molecule has 11 nitrogen and oxygen atoms in total. The van der Waals surface area contributed by atoms with Crippen LogP contribution in [0.15, 0.2) is 83.2 Å². The largest absolute Gasteiger partial charge is 0.444 e. The first-order valence-electron chi connectivity index (χ1n) is 17.5. The average molecular weight is 760 g/mol. The normalized spacial score (nSPS) is 17.0. The zero-order chi connectivity index (χ0) is 39.3. The van der Waals surface area contributed by atoms with Gasteiger partial charge in [-0.2, -0.15) is 0 Å². The van der Waals surface area contributed by atoms with Gasteiger partial charge >= 0.3 is 6.09 Å². The van der Waals surface area contributed by atoms with E-state index in [9.17, 15) is 23.1 Å². The summed E-state index contributed by atoms with van der Waals surface area (Å²) in [6, 6.07) is 11.9. The first kappa shape index (κ1) is 38.5. The number of amides is 2. The SMILES string of the molecule is CC1=C(NC(=O)c2ccc(C(C)(C)O)cc2F)CC(F)C=C1c1ncnc2c1cc(C1=CCN(C(=O)OC(C)(C)C)CC1)n2S(=O)(=O)c1ccc(C)cc1. The van der Waals surface area contributed by atoms with Crippen LogP contribution in [0.5, 0.6) is 0 Å². The van der Waals surface area contributed by atoms with Crippen molar-refractivity contribution in [3.8, 4) is 0 Å². The Balaban J connectivity index is 1.44. The monoisotopic (exact) mass is 759 g/mol. The van der Waals surface area contributed by atoms with Crippen molar-refractivity contribution in [2.24, 2.45) is 0 Å². The van der Waals surface area contributed by atoms with Crippen LogP contribution in [0, 0.1) is 12.7 Å². The molecule has 2 aliphatic rings. The van der Waals surface area contributed by atoms with E-state index in [1.54, 1.807) is 52.0 Å². The molecule has 0 fully saturated rings. The number of allylic oxidation sites excluding steroid dienone is 4. The maximum Gasteiger partial charge on any atom is 0.410 e. The van der Waals surface area contributed by atoms with Gasteiger partial charge in [-0.05, 0) is 108 Å². The van der Waals surface area contributed by atoms with Crippen LogP contribution in [0.4, 0.5) is 13.6 Å². The predicted octanol–water partition coefficient (Wildman–Crippen LogP) is 7.20. The summed E-state index contributed by atoms with van der Waals surface area (Å²) in [5.74, 6) is -1.64. The molecule has 2 N–H and O–H groups in total. The average Bonchev–Trinajstić information content (AvgIpc) is 3.50. The van der Waals surface area contributed by atoms with Crippen molar-refractivity contribution in [2.45, 2.75) is 83.6 Å². The molecule has 2 aromatic heterocycles. The lowest BCUT2D eigenvalue weighted by molar-refractivity contribution is 0.0270. The minimum Gasteiger partial charge on any atom is -0.444 e. The Kier molecular flexibility index (Phi) is 10.1. The number of aliphatic hydroxyl groups is 1. The Labute approximate surface area is 313 Å². The van der Waals surface area contributed by atoms with Gasteiger partial charge in [-0.3, -0.25) is 4.79 Å². The molecule has 0 saturated carbocycles. The number of carbonyl (C=O) groups excluding carboxylic acids is 2. The summed E-state index contributed by atoms with van der Waals surface area (Å²) in [4.78, 5) is 36.6. The Bertz CT molecular complexity index is 2370. The van der Waals surface area contributed by atoms with E-state index in [4.69, 9.17) is 4.74 Å². The maximum atomic E-state index is 15.5. The summed E-state index contributed by atoms with van der Waals surface area (Å²) in [5.41, 5.74) is 1.06. The molecular weight excluding hydrogens is 717 g/mol. The van der Waals surface area contributed by atoms with Gasteiger partial charge in [0.25, 0.3) is 15.9 Å². The number of hydrogen-bond donors (Lipinski definition) is 2. The van der Waals surface area contributed by atoms with Crippen molar-refractivity contribution in [3.05, 3.63) is 112 Å². The summed E-state index contributed by atoms with van der Waals surface area (Å²) >= 11 is 0. The number of nitrogens with zero attached hydrogens (tertiary/aromatic N) is 4. The smallest absolute Gasteiger partial charge is 0.410 e. The molecule has 1 aliphatic heterocycles. The van der Waals surface area contributed by atoms with Crippen molar-refractivity contribution in [2.75, 3.05) is 13.1 Å². The summed E-state index contributed by atoms with van der Waals surface area (Å²) in [5, 5.41) is 13.2. The van der Waals surface area contributed by atoms with Crippen LogP contribution in [0.2, 0.25) is 0 Å². The van der Waals surface area contributed by atoms with Gasteiger partial charge in [0.15, 0.2) is 5.65 Å². The zero-order valence-corrected chi connectivity index (χ0v) is 32.0. The molecular formula is C40H43F2N5O6S. The standard InChI is InChI=1S/C40H43F2N5O6S/c1-23-8-11-28(12-9-23)54(51,52)47-34(25-14-16-46(17-15-25)38(49)53-39(3,4)5)21-31-35(43-22-44-36(31)47)30-19-27(41)20-33(24(30)2)45-37(48)29-13-10-26(18-32(29)42)40(6,7)50/h8-14,18-19,21-22,27,50H,15-17,20H2,1-7H3,(H,45,48). The van der Waals surface area contributed by atoms with Gasteiger partial charge in [0, 0.05) is 36.2 Å². The molecule has 0 radical (unpaired) electrons. The molecule has 0 spiro atoms. The summed E-state index contributed by atoms with van der Waals surface area (Å²) in [6.07, 6.45) is 2.39. The number of aromatic nitrogens is 3. The third-order valence-electron chi connectivity index (χ3n) is 9.35. The highest BCUT2D eigenvalue weighted by Crippen LogP contribution is 2.39. The van der Waals surface area contributed by atoms with E-state index in [0.717, 1.165) is 15.6 Å². The lowest BCUT2D eigenvalue weighted by atomic mass is 9.91. The molecule has 284 valence electrons. The number of aryl methyl sites for hydroxylation is 1. The number of halogens is 2. The number of hydrogen-bond acceptors (Lipinski definition) is 8. The molecule has 3 heterocycles. The highest BCUT2D eigenvalue weighted by molar-refractivity contribution is 7.90. The second kappa shape index (κ2) is 14.2. The molecule has 2 amide bonds. The Hall–Kier alpha value is -5.21. The minimum atomic E-state index is -4.25. The molecule has 0 saturated heterocycles. The van der Waals surface area contributed by atoms with Crippen molar-refractivity contribution < 1.29 is 36.6 Å². The van der Waals surface area contributed by atoms with E-state index >= 15 is 8.78 Å². The summed E-state index contributed by atoms with van der Waals surface area (Å²) < 4.78 is 66.2. The fourth-order valence-corrected chi connectivity index (χ4v) is 7.94. The number of alkyl halides is 1. The number of nitrogens with one attached hydrogen (secondary N) is 1. The van der Waals surface area contributed by atoms with E-state index in [0.29, 0.717) is 34.2 Å². The number of carbonyl (C=O) groups is 2. The molecule has 54 heavy (non-hydrogen) atoms. The van der Waals surface area contributed by atoms with E-state index in [2.05, 4.69) is 15.3 Å². The first-order valence-corrected chi connectivity index (χ1v) is 18.9. The second-order valence-corrected chi connectivity index (χ2v) is 16.9. The second-order valence-electron chi connectivity index (χ2n) is 15.1. The first-order chi connectivity index (χ1) is 25.2. The maximum absolute atomic E-state index is 15.5. The molecule has 1 unspecified atom stereocenters. The summed E-state index contributed by atoms with van der Waals surface area (Å²) in [6.45, 7) is 12.3. The fourth-order valence-electron chi connectivity index (χ4n) is 6.44. The Morgan fingerprint density at radius 2 is 1.72 bits per heavy atom. The van der Waals surface area contributed by atoms with E-state index in [1.807, 2.05) is 6.92 Å². The van der Waals surface area contributed by atoms with Gasteiger partial charge in [-0.25, -0.2) is 35.9 Å². The van der Waals surface area contributed by atoms with Crippen LogP contribution in [-0.2, 0) is 20.4 Å². The number of ether oxygens (including phenoxy) is 1. The van der Waals surface area contributed by atoms with Crippen molar-refractivity contribution in [1.82, 2.24) is 24.2 Å². The van der Waals surface area contributed by atoms with Crippen LogP contribution in [0.3, 0.4) is 0 Å². The highest BCUT2D eigenvalue weighted by atomic mass is 32.2. The van der Waals surface area contributed by atoms with Gasteiger partial charge in [0.2, 0.25) is 0 Å². The lowest BCUT2D eigenvalue weighted by Crippen LogP contribution is -2.39. The molecule has 2 aromatic carbocycles. The third kappa shape index (κ3) is 7.71. The molecule has 0 bridgehead atoms. The van der Waals surface area contributed by atoms with Crippen LogP contribution in [0.1, 0.15) is 87.3 Å². The predicted molar refractivity (Wildman–Crippen MR) is 201 cm³/mol. The van der Waals surface area contributed by atoms with Crippen LogP contribution >= 0.6 is 0 Å². The van der Waals surface area contributed by atoms with E-state index < -0.39 is 45.2 Å².